The molecule has 1 saturated heterocycles. The number of aliphatic hydroxyl groups is 6. The van der Waals surface area contributed by atoms with E-state index >= 15 is 0 Å². The van der Waals surface area contributed by atoms with Gasteiger partial charge in [-0.25, -0.2) is 4.18 Å². The Kier molecular flexibility index (Phi) is 10.2. The molecule has 16 atom stereocenters. The largest absolute Gasteiger partial charge is 0.397 e. The number of hydrogen-bond acceptors (Lipinski definition) is 11. The molecule has 262 valence electrons. The smallest absolute Gasteiger partial charge is 0.393 e. The van der Waals surface area contributed by atoms with Crippen molar-refractivity contribution in [1.29, 1.82) is 0 Å². The molecule has 12 nitrogen and oxygen atoms in total. The Morgan fingerprint density at radius 3 is 2.22 bits per heavy atom. The molecule has 0 spiro atoms. The highest BCUT2D eigenvalue weighted by Crippen LogP contribution is 2.70. The van der Waals surface area contributed by atoms with Crippen molar-refractivity contribution in [3.8, 4) is 0 Å². The third-order valence-electron chi connectivity index (χ3n) is 13.1. The van der Waals surface area contributed by atoms with Crippen molar-refractivity contribution in [3.63, 3.8) is 0 Å². The summed E-state index contributed by atoms with van der Waals surface area (Å²) in [4.78, 5) is 0. The first-order valence-electron chi connectivity index (χ1n) is 16.9. The van der Waals surface area contributed by atoms with E-state index < -0.39 is 75.7 Å². The summed E-state index contributed by atoms with van der Waals surface area (Å²) in [6.45, 7) is 10.1. The summed E-state index contributed by atoms with van der Waals surface area (Å²) in [5, 5.41) is 64.9. The second-order valence-electron chi connectivity index (χ2n) is 16.0. The Balaban J connectivity index is 1.37. The lowest BCUT2D eigenvalue weighted by Gasteiger charge is -2.66. The van der Waals surface area contributed by atoms with Gasteiger partial charge in [-0.1, -0.05) is 34.6 Å². The van der Waals surface area contributed by atoms with E-state index in [9.17, 15) is 43.6 Å². The number of rotatable bonds is 9. The summed E-state index contributed by atoms with van der Waals surface area (Å²) < 4.78 is 51.1. The Labute approximate surface area is 267 Å². The monoisotopic (exact) mass is 664 g/mol. The van der Waals surface area contributed by atoms with Gasteiger partial charge in [0.25, 0.3) is 0 Å². The average molecular weight is 665 g/mol. The van der Waals surface area contributed by atoms with E-state index in [0.717, 1.165) is 6.42 Å². The summed E-state index contributed by atoms with van der Waals surface area (Å²) >= 11 is 0. The molecule has 4 saturated carbocycles. The van der Waals surface area contributed by atoms with E-state index in [4.69, 9.17) is 13.7 Å². The van der Waals surface area contributed by atoms with Gasteiger partial charge in [0.15, 0.2) is 6.29 Å². The minimum absolute atomic E-state index is 0.0313. The molecule has 7 N–H and O–H groups in total. The van der Waals surface area contributed by atoms with Gasteiger partial charge in [0.2, 0.25) is 0 Å². The molecule has 1 heterocycles. The minimum atomic E-state index is -4.83. The summed E-state index contributed by atoms with van der Waals surface area (Å²) in [7, 11) is -4.83. The molecule has 0 bridgehead atoms. The van der Waals surface area contributed by atoms with Crippen LogP contribution in [-0.2, 0) is 24.1 Å². The number of hydrogen-bond donors (Lipinski definition) is 7. The Morgan fingerprint density at radius 1 is 0.911 bits per heavy atom. The van der Waals surface area contributed by atoms with Crippen LogP contribution in [0.1, 0.15) is 92.4 Å². The quantitative estimate of drug-likeness (QED) is 0.176. The lowest BCUT2D eigenvalue weighted by Crippen LogP contribution is -2.68. The highest BCUT2D eigenvalue weighted by Gasteiger charge is 2.71. The fourth-order valence-electron chi connectivity index (χ4n) is 10.9. The van der Waals surface area contributed by atoms with E-state index in [1.54, 1.807) is 0 Å². The van der Waals surface area contributed by atoms with Crippen LogP contribution in [0.2, 0.25) is 0 Å². The van der Waals surface area contributed by atoms with E-state index in [2.05, 4.69) is 20.8 Å². The standard InChI is InChI=1S/C32H56O12S/c1-16(2)23(43-29-27(37)26(36)22(35)15-42-29)7-6-17(3)19-13-24(44-45(39,40)41)28-31(19,5)11-9-25-30(4)10-8-18(33)12-20(30)21(34)14-32(25,28)38/h16-29,33-38H,6-15H2,1-5H3,(H,39,40,41). The molecule has 5 rings (SSSR count). The zero-order valence-corrected chi connectivity index (χ0v) is 28.1. The molecule has 45 heavy (non-hydrogen) atoms. The fraction of sp³-hybridized carbons (Fsp3) is 1.00. The number of ether oxygens (including phenoxy) is 2. The van der Waals surface area contributed by atoms with E-state index in [1.807, 2.05) is 13.8 Å². The van der Waals surface area contributed by atoms with Crippen LogP contribution in [0.15, 0.2) is 0 Å². The van der Waals surface area contributed by atoms with Crippen molar-refractivity contribution < 1.29 is 57.3 Å². The first-order valence-corrected chi connectivity index (χ1v) is 18.2. The summed E-state index contributed by atoms with van der Waals surface area (Å²) in [6, 6.07) is 0. The molecule has 16 unspecified atom stereocenters. The molecule has 4 aliphatic carbocycles. The summed E-state index contributed by atoms with van der Waals surface area (Å²) in [5.41, 5.74) is -2.40. The highest BCUT2D eigenvalue weighted by atomic mass is 32.3. The van der Waals surface area contributed by atoms with E-state index in [-0.39, 0.29) is 48.7 Å². The predicted octanol–water partition coefficient (Wildman–Crippen LogP) is 1.79. The topological polar surface area (TPSA) is 203 Å². The normalized spacial score (nSPS) is 50.0. The van der Waals surface area contributed by atoms with Gasteiger partial charge in [-0.3, -0.25) is 4.55 Å². The van der Waals surface area contributed by atoms with Crippen molar-refractivity contribution in [2.75, 3.05) is 6.61 Å². The lowest BCUT2D eigenvalue weighted by atomic mass is 9.42. The minimum Gasteiger partial charge on any atom is -0.393 e. The molecular weight excluding hydrogens is 608 g/mol. The summed E-state index contributed by atoms with van der Waals surface area (Å²) in [5.74, 6) is -1.03. The zero-order valence-electron chi connectivity index (χ0n) is 27.2. The van der Waals surface area contributed by atoms with Gasteiger partial charge in [0.1, 0.15) is 18.3 Å². The zero-order chi connectivity index (χ0) is 33.3. The predicted molar refractivity (Wildman–Crippen MR) is 162 cm³/mol. The molecular formula is C32H56O12S. The van der Waals surface area contributed by atoms with Crippen molar-refractivity contribution >= 4 is 10.4 Å². The molecule has 5 aliphatic rings. The highest BCUT2D eigenvalue weighted by molar-refractivity contribution is 7.80. The Morgan fingerprint density at radius 2 is 1.58 bits per heavy atom. The van der Waals surface area contributed by atoms with Crippen LogP contribution in [-0.4, -0.2) is 105 Å². The molecule has 0 amide bonds. The fourth-order valence-corrected chi connectivity index (χ4v) is 11.4. The molecule has 5 fully saturated rings. The second kappa shape index (κ2) is 12.8. The van der Waals surface area contributed by atoms with Gasteiger partial charge < -0.3 is 40.1 Å². The van der Waals surface area contributed by atoms with E-state index in [0.29, 0.717) is 44.9 Å². The van der Waals surface area contributed by atoms with Crippen molar-refractivity contribution in [2.24, 2.45) is 46.3 Å². The first-order chi connectivity index (χ1) is 20.8. The summed E-state index contributed by atoms with van der Waals surface area (Å²) in [6.07, 6.45) is -2.95. The van der Waals surface area contributed by atoms with Crippen LogP contribution in [0.5, 0.6) is 0 Å². The van der Waals surface area contributed by atoms with Crippen LogP contribution >= 0.6 is 0 Å². The third-order valence-corrected chi connectivity index (χ3v) is 13.6. The van der Waals surface area contributed by atoms with Gasteiger partial charge in [-0.05, 0) is 91.8 Å². The van der Waals surface area contributed by atoms with Gasteiger partial charge in [-0.15, -0.1) is 0 Å². The maximum Gasteiger partial charge on any atom is 0.397 e. The van der Waals surface area contributed by atoms with Crippen molar-refractivity contribution in [2.45, 2.75) is 147 Å². The average Bonchev–Trinajstić information content (AvgIpc) is 3.23. The molecule has 1 aliphatic heterocycles. The Bertz CT molecular complexity index is 1150. The number of fused-ring (bicyclic) bond motifs is 5. The van der Waals surface area contributed by atoms with Crippen molar-refractivity contribution in [1.82, 2.24) is 0 Å². The van der Waals surface area contributed by atoms with Crippen LogP contribution < -0.4 is 0 Å². The second-order valence-corrected chi connectivity index (χ2v) is 17.1. The van der Waals surface area contributed by atoms with Crippen LogP contribution in [0.3, 0.4) is 0 Å². The molecule has 0 aromatic rings. The van der Waals surface area contributed by atoms with Crippen LogP contribution in [0.4, 0.5) is 0 Å². The molecule has 0 radical (unpaired) electrons. The van der Waals surface area contributed by atoms with Crippen LogP contribution in [0.25, 0.3) is 0 Å². The molecule has 13 heteroatoms. The Hall–Kier alpha value is -0.450. The first kappa shape index (κ1) is 35.8. The molecule has 0 aromatic carbocycles. The third kappa shape index (κ3) is 6.50. The van der Waals surface area contributed by atoms with E-state index in [1.165, 1.54) is 0 Å². The maximum absolute atomic E-state index is 12.7. The van der Waals surface area contributed by atoms with Crippen molar-refractivity contribution in [3.05, 3.63) is 0 Å². The maximum atomic E-state index is 12.7. The number of aliphatic hydroxyl groups excluding tert-OH is 5. The lowest BCUT2D eigenvalue weighted by molar-refractivity contribution is -0.287. The van der Waals surface area contributed by atoms with Gasteiger partial charge in [0, 0.05) is 12.3 Å². The van der Waals surface area contributed by atoms with Gasteiger partial charge in [-0.2, -0.15) is 8.42 Å². The molecule has 0 aromatic heterocycles. The van der Waals surface area contributed by atoms with Crippen LogP contribution in [0, 0.1) is 46.3 Å². The SMILES string of the molecule is CC(C)C(CCC(C)C1CC(OS(=O)(=O)O)C2C1(C)CCC1C3(C)CCC(O)CC3C(O)CC12O)OC1OCC(O)C(O)C1O. The van der Waals surface area contributed by atoms with Gasteiger partial charge in [0.05, 0.1) is 36.6 Å². The van der Waals surface area contributed by atoms with Gasteiger partial charge >= 0.3 is 10.4 Å².